The van der Waals surface area contributed by atoms with Crippen molar-refractivity contribution in [2.24, 2.45) is 0 Å². The number of nitrogens with zero attached hydrogens (tertiary/aromatic N) is 3. The van der Waals surface area contributed by atoms with Gasteiger partial charge in [-0.3, -0.25) is 19.3 Å². The minimum absolute atomic E-state index is 0.182. The van der Waals surface area contributed by atoms with Crippen molar-refractivity contribution < 1.29 is 23.9 Å². The summed E-state index contributed by atoms with van der Waals surface area (Å²) < 4.78 is 5.36. The monoisotopic (exact) mass is 443 g/mol. The van der Waals surface area contributed by atoms with E-state index in [1.54, 1.807) is 0 Å². The predicted molar refractivity (Wildman–Crippen MR) is 117 cm³/mol. The van der Waals surface area contributed by atoms with Gasteiger partial charge in [0.05, 0.1) is 19.8 Å². The van der Waals surface area contributed by atoms with E-state index in [1.165, 1.54) is 11.9 Å². The summed E-state index contributed by atoms with van der Waals surface area (Å²) in [5.74, 6) is -1.17. The van der Waals surface area contributed by atoms with Crippen molar-refractivity contribution in [2.75, 3.05) is 56.7 Å². The van der Waals surface area contributed by atoms with Crippen LogP contribution < -0.4 is 15.5 Å². The van der Waals surface area contributed by atoms with Gasteiger partial charge in [0.1, 0.15) is 12.1 Å². The van der Waals surface area contributed by atoms with E-state index >= 15 is 0 Å². The highest BCUT2D eigenvalue weighted by molar-refractivity contribution is 6.09. The minimum atomic E-state index is -0.847. The molecule has 2 N–H and O–H groups in total. The van der Waals surface area contributed by atoms with Gasteiger partial charge in [-0.15, -0.1) is 0 Å². The van der Waals surface area contributed by atoms with Gasteiger partial charge in [0, 0.05) is 31.5 Å². The van der Waals surface area contributed by atoms with Crippen LogP contribution >= 0.6 is 0 Å². The summed E-state index contributed by atoms with van der Waals surface area (Å²) in [6, 6.07) is 6.97. The van der Waals surface area contributed by atoms with Crippen LogP contribution in [-0.2, 0) is 19.1 Å². The third kappa shape index (κ3) is 4.55. The molecule has 32 heavy (non-hydrogen) atoms. The third-order valence-corrected chi connectivity index (χ3v) is 6.33. The number of hydrogen-bond acceptors (Lipinski definition) is 6. The van der Waals surface area contributed by atoms with E-state index in [4.69, 9.17) is 4.74 Å². The fourth-order valence-corrected chi connectivity index (χ4v) is 4.47. The summed E-state index contributed by atoms with van der Waals surface area (Å²) in [5.41, 5.74) is 0.845. The number of carbonyl (C=O) groups is 4. The fourth-order valence-electron chi connectivity index (χ4n) is 4.47. The Morgan fingerprint density at radius 2 is 1.78 bits per heavy atom. The molecule has 1 aromatic rings. The minimum Gasteiger partial charge on any atom is -0.378 e. The lowest BCUT2D eigenvalue weighted by Crippen LogP contribution is -2.46. The first-order chi connectivity index (χ1) is 15.4. The van der Waals surface area contributed by atoms with Crippen molar-refractivity contribution >= 4 is 35.1 Å². The number of carbonyl (C=O) groups excluding carboxylic acids is 4. The average molecular weight is 444 g/mol. The molecule has 2 saturated heterocycles. The standard InChI is InChI=1S/C22H29N5O5/c1-25(19(29)15-27-20(30)22(24-21(27)31)8-2-3-9-22)14-18(28)23-16-4-6-17(7-5-16)26-10-12-32-13-11-26/h4-7H,2-3,8-15H2,1H3,(H,23,28)(H,24,31). The molecule has 3 fully saturated rings. The molecule has 0 radical (unpaired) electrons. The largest absolute Gasteiger partial charge is 0.378 e. The lowest BCUT2D eigenvalue weighted by molar-refractivity contribution is -0.139. The molecule has 0 atom stereocenters. The van der Waals surface area contributed by atoms with Gasteiger partial charge in [-0.05, 0) is 37.1 Å². The molecule has 3 aliphatic rings. The van der Waals surface area contributed by atoms with Crippen molar-refractivity contribution in [3.63, 3.8) is 0 Å². The molecule has 1 aliphatic carbocycles. The maximum Gasteiger partial charge on any atom is 0.325 e. The van der Waals surface area contributed by atoms with Crippen molar-refractivity contribution in [2.45, 2.75) is 31.2 Å². The Balaban J connectivity index is 1.27. The van der Waals surface area contributed by atoms with E-state index in [-0.39, 0.29) is 24.9 Å². The van der Waals surface area contributed by atoms with Crippen LogP contribution in [0, 0.1) is 0 Å². The van der Waals surface area contributed by atoms with Crippen LogP contribution in [0.2, 0.25) is 0 Å². The smallest absolute Gasteiger partial charge is 0.325 e. The number of anilines is 2. The van der Waals surface area contributed by atoms with E-state index in [9.17, 15) is 19.2 Å². The molecule has 10 nitrogen and oxygen atoms in total. The van der Waals surface area contributed by atoms with Gasteiger partial charge in [0.25, 0.3) is 5.91 Å². The summed E-state index contributed by atoms with van der Waals surface area (Å²) in [5, 5.41) is 5.52. The van der Waals surface area contributed by atoms with Crippen LogP contribution in [0.25, 0.3) is 0 Å². The molecular formula is C22H29N5O5. The van der Waals surface area contributed by atoms with Gasteiger partial charge < -0.3 is 25.2 Å². The number of ether oxygens (including phenoxy) is 1. The molecule has 1 spiro atoms. The first kappa shape index (κ1) is 22.1. The summed E-state index contributed by atoms with van der Waals surface area (Å²) in [4.78, 5) is 54.3. The molecule has 2 aliphatic heterocycles. The summed E-state index contributed by atoms with van der Waals surface area (Å²) in [6.45, 7) is 2.51. The number of morpholine rings is 1. The molecular weight excluding hydrogens is 414 g/mol. The zero-order valence-electron chi connectivity index (χ0n) is 18.3. The first-order valence-corrected chi connectivity index (χ1v) is 11.0. The quantitative estimate of drug-likeness (QED) is 0.629. The number of rotatable bonds is 6. The predicted octanol–water partition coefficient (Wildman–Crippen LogP) is 0.785. The van der Waals surface area contributed by atoms with E-state index in [0.29, 0.717) is 31.7 Å². The zero-order valence-corrected chi connectivity index (χ0v) is 18.3. The molecule has 0 unspecified atom stereocenters. The fraction of sp³-hybridized carbons (Fsp3) is 0.545. The number of likely N-dealkylation sites (N-methyl/N-ethyl adjacent to an activating group) is 1. The highest BCUT2D eigenvalue weighted by Crippen LogP contribution is 2.34. The average Bonchev–Trinajstić information content (AvgIpc) is 3.35. The Kier molecular flexibility index (Phi) is 6.31. The number of amides is 5. The second kappa shape index (κ2) is 9.15. The summed E-state index contributed by atoms with van der Waals surface area (Å²) >= 11 is 0. The molecule has 1 saturated carbocycles. The molecule has 1 aromatic carbocycles. The second-order valence-electron chi connectivity index (χ2n) is 8.55. The van der Waals surface area contributed by atoms with Gasteiger partial charge >= 0.3 is 6.03 Å². The Hall–Kier alpha value is -3.14. The highest BCUT2D eigenvalue weighted by atomic mass is 16.5. The lowest BCUT2D eigenvalue weighted by atomic mass is 9.98. The number of imide groups is 1. The highest BCUT2D eigenvalue weighted by Gasteiger charge is 2.52. The van der Waals surface area contributed by atoms with Crippen molar-refractivity contribution in [3.8, 4) is 0 Å². The Morgan fingerprint density at radius 1 is 1.12 bits per heavy atom. The molecule has 0 aromatic heterocycles. The topological polar surface area (TPSA) is 111 Å². The molecule has 172 valence electrons. The van der Waals surface area contributed by atoms with Gasteiger partial charge in [0.15, 0.2) is 0 Å². The summed E-state index contributed by atoms with van der Waals surface area (Å²) in [6.07, 6.45) is 2.96. The van der Waals surface area contributed by atoms with Crippen LogP contribution in [0.3, 0.4) is 0 Å². The van der Waals surface area contributed by atoms with Gasteiger partial charge in [-0.2, -0.15) is 0 Å². The normalized spacial score (nSPS) is 19.9. The maximum absolute atomic E-state index is 12.7. The van der Waals surface area contributed by atoms with Crippen LogP contribution in [-0.4, -0.2) is 85.5 Å². The Labute approximate surface area is 186 Å². The van der Waals surface area contributed by atoms with Crippen molar-refractivity contribution in [1.82, 2.24) is 15.1 Å². The van der Waals surface area contributed by atoms with E-state index < -0.39 is 17.5 Å². The van der Waals surface area contributed by atoms with E-state index in [0.717, 1.165) is 36.5 Å². The molecule has 5 amide bonds. The maximum atomic E-state index is 12.7. The van der Waals surface area contributed by atoms with Crippen LogP contribution in [0.15, 0.2) is 24.3 Å². The van der Waals surface area contributed by atoms with Gasteiger partial charge in [-0.1, -0.05) is 12.8 Å². The van der Waals surface area contributed by atoms with Crippen molar-refractivity contribution in [1.29, 1.82) is 0 Å². The summed E-state index contributed by atoms with van der Waals surface area (Å²) in [7, 11) is 1.48. The van der Waals surface area contributed by atoms with Gasteiger partial charge in [0.2, 0.25) is 11.8 Å². The molecule has 10 heteroatoms. The molecule has 0 bridgehead atoms. The van der Waals surface area contributed by atoms with E-state index in [1.807, 2.05) is 24.3 Å². The number of benzene rings is 1. The number of urea groups is 1. The lowest BCUT2D eigenvalue weighted by Gasteiger charge is -2.29. The van der Waals surface area contributed by atoms with Crippen molar-refractivity contribution in [3.05, 3.63) is 24.3 Å². The van der Waals surface area contributed by atoms with Crippen LogP contribution in [0.5, 0.6) is 0 Å². The van der Waals surface area contributed by atoms with Crippen LogP contribution in [0.4, 0.5) is 16.2 Å². The number of hydrogen-bond donors (Lipinski definition) is 2. The SMILES string of the molecule is CN(CC(=O)Nc1ccc(N2CCOCC2)cc1)C(=O)CN1C(=O)NC2(CCCC2)C1=O. The Bertz CT molecular complexity index is 890. The molecule has 4 rings (SSSR count). The van der Waals surface area contributed by atoms with Crippen LogP contribution in [0.1, 0.15) is 25.7 Å². The second-order valence-corrected chi connectivity index (χ2v) is 8.55. The van der Waals surface area contributed by atoms with E-state index in [2.05, 4.69) is 15.5 Å². The number of nitrogens with one attached hydrogen (secondary N) is 2. The molecule has 2 heterocycles. The first-order valence-electron chi connectivity index (χ1n) is 11.0. The zero-order chi connectivity index (χ0) is 22.7. The third-order valence-electron chi connectivity index (χ3n) is 6.33. The Morgan fingerprint density at radius 3 is 2.44 bits per heavy atom. The van der Waals surface area contributed by atoms with Gasteiger partial charge in [-0.25, -0.2) is 4.79 Å².